The molecule has 2 heterocycles. The standard InChI is InChI=1S/C13H20N4O3/c14-13(19)20-9-7-16-12(18)11-2-1-8-17(11)10-3-5-15-6-4-10/h1-2,8,10,15H,3-7,9H2,(H2,14,19)(H,16,18). The van der Waals surface area contributed by atoms with Gasteiger partial charge in [-0.15, -0.1) is 0 Å². The van der Waals surface area contributed by atoms with Crippen molar-refractivity contribution in [3.8, 4) is 0 Å². The first-order valence-electron chi connectivity index (χ1n) is 6.76. The van der Waals surface area contributed by atoms with E-state index < -0.39 is 6.09 Å². The number of aromatic nitrogens is 1. The van der Waals surface area contributed by atoms with Gasteiger partial charge in [-0.05, 0) is 38.1 Å². The second kappa shape index (κ2) is 6.95. The summed E-state index contributed by atoms with van der Waals surface area (Å²) in [6.45, 7) is 2.26. The van der Waals surface area contributed by atoms with Crippen LogP contribution in [0.3, 0.4) is 0 Å². The lowest BCUT2D eigenvalue weighted by molar-refractivity contribution is 0.0924. The number of ether oxygens (including phenoxy) is 1. The fraction of sp³-hybridized carbons (Fsp3) is 0.538. The zero-order chi connectivity index (χ0) is 14.4. The van der Waals surface area contributed by atoms with Crippen molar-refractivity contribution in [2.45, 2.75) is 18.9 Å². The molecule has 110 valence electrons. The highest BCUT2D eigenvalue weighted by atomic mass is 16.5. The van der Waals surface area contributed by atoms with E-state index in [0.717, 1.165) is 25.9 Å². The molecule has 0 spiro atoms. The van der Waals surface area contributed by atoms with Crippen LogP contribution in [0.4, 0.5) is 4.79 Å². The number of hydrogen-bond acceptors (Lipinski definition) is 4. The quantitative estimate of drug-likeness (QED) is 0.673. The van der Waals surface area contributed by atoms with E-state index in [1.165, 1.54) is 0 Å². The lowest BCUT2D eigenvalue weighted by atomic mass is 10.1. The van der Waals surface area contributed by atoms with Gasteiger partial charge >= 0.3 is 6.09 Å². The monoisotopic (exact) mass is 280 g/mol. The Balaban J connectivity index is 1.89. The van der Waals surface area contributed by atoms with Gasteiger partial charge in [0.15, 0.2) is 0 Å². The maximum Gasteiger partial charge on any atom is 0.404 e. The van der Waals surface area contributed by atoms with E-state index in [1.54, 1.807) is 6.07 Å². The van der Waals surface area contributed by atoms with Gasteiger partial charge in [0.05, 0.1) is 6.54 Å². The Hall–Kier alpha value is -2.02. The molecule has 0 aliphatic carbocycles. The fourth-order valence-electron chi connectivity index (χ4n) is 2.40. The summed E-state index contributed by atoms with van der Waals surface area (Å²) in [6, 6.07) is 4.03. The number of carbonyl (C=O) groups excluding carboxylic acids is 2. The van der Waals surface area contributed by atoms with Crippen molar-refractivity contribution >= 4 is 12.0 Å². The second-order valence-electron chi connectivity index (χ2n) is 4.71. The minimum absolute atomic E-state index is 0.0785. The van der Waals surface area contributed by atoms with Crippen LogP contribution in [0.1, 0.15) is 29.4 Å². The largest absolute Gasteiger partial charge is 0.448 e. The Morgan fingerprint density at radius 3 is 2.90 bits per heavy atom. The van der Waals surface area contributed by atoms with Gasteiger partial charge in [-0.25, -0.2) is 4.79 Å². The Labute approximate surface area is 117 Å². The lowest BCUT2D eigenvalue weighted by Crippen LogP contribution is -2.33. The molecule has 0 aromatic carbocycles. The molecule has 1 aliphatic rings. The van der Waals surface area contributed by atoms with Crippen molar-refractivity contribution in [1.82, 2.24) is 15.2 Å². The number of carbonyl (C=O) groups is 2. The van der Waals surface area contributed by atoms with Crippen LogP contribution in [0.5, 0.6) is 0 Å². The highest BCUT2D eigenvalue weighted by Gasteiger charge is 2.19. The fourth-order valence-corrected chi connectivity index (χ4v) is 2.40. The van der Waals surface area contributed by atoms with Gasteiger partial charge in [-0.3, -0.25) is 4.79 Å². The van der Waals surface area contributed by atoms with Crippen LogP contribution in [-0.2, 0) is 4.74 Å². The molecule has 1 saturated heterocycles. The smallest absolute Gasteiger partial charge is 0.404 e. The molecule has 7 nitrogen and oxygen atoms in total. The van der Waals surface area contributed by atoms with E-state index in [1.807, 2.05) is 16.8 Å². The van der Waals surface area contributed by atoms with Gasteiger partial charge in [0.2, 0.25) is 0 Å². The first-order chi connectivity index (χ1) is 9.68. The maximum absolute atomic E-state index is 12.1. The molecule has 1 aliphatic heterocycles. The topological polar surface area (TPSA) is 98.4 Å². The van der Waals surface area contributed by atoms with Gasteiger partial charge in [-0.2, -0.15) is 0 Å². The van der Waals surface area contributed by atoms with Crippen molar-refractivity contribution in [1.29, 1.82) is 0 Å². The minimum Gasteiger partial charge on any atom is -0.448 e. The number of nitrogens with two attached hydrogens (primary N) is 1. The van der Waals surface area contributed by atoms with E-state index in [4.69, 9.17) is 5.73 Å². The Morgan fingerprint density at radius 1 is 1.45 bits per heavy atom. The third-order valence-corrected chi connectivity index (χ3v) is 3.35. The maximum atomic E-state index is 12.1. The summed E-state index contributed by atoms with van der Waals surface area (Å²) in [5.41, 5.74) is 5.48. The van der Waals surface area contributed by atoms with Gasteiger partial charge in [0, 0.05) is 12.2 Å². The van der Waals surface area contributed by atoms with E-state index in [2.05, 4.69) is 15.4 Å². The lowest BCUT2D eigenvalue weighted by Gasteiger charge is -2.25. The first kappa shape index (κ1) is 14.4. The molecule has 7 heteroatoms. The molecule has 2 amide bonds. The predicted octanol–water partition coefficient (Wildman–Crippen LogP) is 0.238. The second-order valence-corrected chi connectivity index (χ2v) is 4.71. The molecular formula is C13H20N4O3. The summed E-state index contributed by atoms with van der Waals surface area (Å²) >= 11 is 0. The van der Waals surface area contributed by atoms with Crippen LogP contribution in [0.15, 0.2) is 18.3 Å². The Morgan fingerprint density at radius 2 is 2.20 bits per heavy atom. The van der Waals surface area contributed by atoms with E-state index >= 15 is 0 Å². The zero-order valence-corrected chi connectivity index (χ0v) is 11.3. The summed E-state index contributed by atoms with van der Waals surface area (Å²) < 4.78 is 6.58. The van der Waals surface area contributed by atoms with Crippen LogP contribution < -0.4 is 16.4 Å². The predicted molar refractivity (Wildman–Crippen MR) is 73.4 cm³/mol. The molecule has 0 bridgehead atoms. The molecular weight excluding hydrogens is 260 g/mol. The van der Waals surface area contributed by atoms with E-state index in [0.29, 0.717) is 11.7 Å². The number of nitrogens with zero attached hydrogens (tertiary/aromatic N) is 1. The summed E-state index contributed by atoms with van der Waals surface area (Å²) in [5.74, 6) is -0.165. The van der Waals surface area contributed by atoms with Crippen LogP contribution in [0.25, 0.3) is 0 Å². The summed E-state index contributed by atoms with van der Waals surface area (Å²) in [5, 5.41) is 6.02. The van der Waals surface area contributed by atoms with Crippen LogP contribution in [-0.4, -0.2) is 42.8 Å². The summed E-state index contributed by atoms with van der Waals surface area (Å²) in [7, 11) is 0. The van der Waals surface area contributed by atoms with Gasteiger partial charge in [-0.1, -0.05) is 0 Å². The van der Waals surface area contributed by atoms with Gasteiger partial charge < -0.3 is 25.7 Å². The molecule has 20 heavy (non-hydrogen) atoms. The molecule has 0 radical (unpaired) electrons. The summed E-state index contributed by atoms with van der Waals surface area (Å²) in [4.78, 5) is 22.5. The molecule has 0 atom stereocenters. The number of hydrogen-bond donors (Lipinski definition) is 3. The average Bonchev–Trinajstić information content (AvgIpc) is 2.93. The number of amides is 2. The van der Waals surface area contributed by atoms with Crippen molar-refractivity contribution in [2.75, 3.05) is 26.2 Å². The highest BCUT2D eigenvalue weighted by Crippen LogP contribution is 2.21. The molecule has 1 fully saturated rings. The van der Waals surface area contributed by atoms with Crippen molar-refractivity contribution in [3.05, 3.63) is 24.0 Å². The molecule has 0 unspecified atom stereocenters. The summed E-state index contributed by atoms with van der Waals surface area (Å²) in [6.07, 6.45) is 3.13. The van der Waals surface area contributed by atoms with Gasteiger partial charge in [0.25, 0.3) is 5.91 Å². The Kier molecular flexibility index (Phi) is 5.00. The molecule has 0 saturated carbocycles. The highest BCUT2D eigenvalue weighted by molar-refractivity contribution is 5.92. The van der Waals surface area contributed by atoms with Crippen LogP contribution in [0, 0.1) is 0 Å². The number of rotatable bonds is 5. The van der Waals surface area contributed by atoms with E-state index in [9.17, 15) is 9.59 Å². The Bertz CT molecular complexity index is 466. The SMILES string of the molecule is NC(=O)OCCNC(=O)c1cccn1C1CCNCC1. The third kappa shape index (κ3) is 3.74. The molecule has 1 aromatic heterocycles. The third-order valence-electron chi connectivity index (χ3n) is 3.35. The minimum atomic E-state index is -0.836. The number of primary amides is 1. The van der Waals surface area contributed by atoms with Gasteiger partial charge in [0.1, 0.15) is 12.3 Å². The van der Waals surface area contributed by atoms with Crippen LogP contribution in [0.2, 0.25) is 0 Å². The first-order valence-corrected chi connectivity index (χ1v) is 6.76. The zero-order valence-electron chi connectivity index (χ0n) is 11.3. The average molecular weight is 280 g/mol. The van der Waals surface area contributed by atoms with Crippen molar-refractivity contribution < 1.29 is 14.3 Å². The van der Waals surface area contributed by atoms with Crippen molar-refractivity contribution in [2.24, 2.45) is 5.73 Å². The van der Waals surface area contributed by atoms with E-state index in [-0.39, 0.29) is 19.1 Å². The molecule has 1 aromatic rings. The number of nitrogens with one attached hydrogen (secondary N) is 2. The van der Waals surface area contributed by atoms with Crippen molar-refractivity contribution in [3.63, 3.8) is 0 Å². The molecule has 2 rings (SSSR count). The van der Waals surface area contributed by atoms with Crippen LogP contribution >= 0.6 is 0 Å². The normalized spacial score (nSPS) is 15.8. The molecule has 4 N–H and O–H groups in total. The number of piperidine rings is 1.